The van der Waals surface area contributed by atoms with Gasteiger partial charge in [0.1, 0.15) is 5.58 Å². The Balaban J connectivity index is 1.50. The van der Waals surface area contributed by atoms with E-state index in [1.807, 2.05) is 36.4 Å². The Morgan fingerprint density at radius 1 is 0.875 bits per heavy atom. The summed E-state index contributed by atoms with van der Waals surface area (Å²) in [5.74, 6) is -0.325. The molecule has 0 atom stereocenters. The number of nitrogens with one attached hydrogen (secondary N) is 1. The van der Waals surface area contributed by atoms with Gasteiger partial charge in [-0.25, -0.2) is 0 Å². The van der Waals surface area contributed by atoms with Gasteiger partial charge in [0, 0.05) is 27.1 Å². The lowest BCUT2D eigenvalue weighted by atomic mass is 10.1. The van der Waals surface area contributed by atoms with Crippen LogP contribution in [-0.2, 0) is 0 Å². The number of anilines is 1. The maximum atomic E-state index is 13.2. The summed E-state index contributed by atoms with van der Waals surface area (Å²) in [7, 11) is 0. The molecule has 0 saturated carbocycles. The van der Waals surface area contributed by atoms with E-state index in [2.05, 4.69) is 26.4 Å². The zero-order valence-corrected chi connectivity index (χ0v) is 18.1. The van der Waals surface area contributed by atoms with E-state index < -0.39 is 5.91 Å². The van der Waals surface area contributed by atoms with Crippen LogP contribution in [0.1, 0.15) is 26.6 Å². The molecule has 6 nitrogen and oxygen atoms in total. The van der Waals surface area contributed by atoms with Gasteiger partial charge in [0.2, 0.25) is 5.78 Å². The highest BCUT2D eigenvalue weighted by Crippen LogP contribution is 2.33. The normalized spacial score (nSPS) is 10.9. The fourth-order valence-electron chi connectivity index (χ4n) is 3.36. The van der Waals surface area contributed by atoms with E-state index in [0.717, 1.165) is 10.0 Å². The van der Waals surface area contributed by atoms with Gasteiger partial charge in [-0.3, -0.25) is 9.59 Å². The molecule has 1 amide bonds. The molecule has 7 heteroatoms. The molecule has 0 saturated heterocycles. The standard InChI is InChI=1S/C25H15BrN2O4/c26-17-12-10-16(11-13-17)23(29)24-22(18-8-4-5-9-20(18)31-24)27-25(30)19-14-21(32-28-19)15-6-2-1-3-7-15/h1-14H,(H,27,30). The Kier molecular flexibility index (Phi) is 5.17. The van der Waals surface area contributed by atoms with Crippen molar-refractivity contribution in [2.24, 2.45) is 0 Å². The molecule has 0 aliphatic rings. The minimum Gasteiger partial charge on any atom is -0.450 e. The molecule has 32 heavy (non-hydrogen) atoms. The van der Waals surface area contributed by atoms with Gasteiger partial charge >= 0.3 is 0 Å². The van der Waals surface area contributed by atoms with E-state index in [0.29, 0.717) is 28.0 Å². The molecule has 0 fully saturated rings. The molecule has 2 aromatic heterocycles. The van der Waals surface area contributed by atoms with Gasteiger partial charge in [0.25, 0.3) is 5.91 Å². The first kappa shape index (κ1) is 20.0. The first-order valence-electron chi connectivity index (χ1n) is 9.75. The Morgan fingerprint density at radius 2 is 1.59 bits per heavy atom. The van der Waals surface area contributed by atoms with E-state index in [9.17, 15) is 9.59 Å². The van der Waals surface area contributed by atoms with Crippen LogP contribution in [0.3, 0.4) is 0 Å². The highest BCUT2D eigenvalue weighted by molar-refractivity contribution is 9.10. The molecular formula is C25H15BrN2O4. The molecule has 0 unspecified atom stereocenters. The largest absolute Gasteiger partial charge is 0.450 e. The fourth-order valence-corrected chi connectivity index (χ4v) is 3.62. The van der Waals surface area contributed by atoms with Gasteiger partial charge in [-0.15, -0.1) is 0 Å². The number of furan rings is 1. The Bertz CT molecular complexity index is 1440. The number of carbonyl (C=O) groups is 2. The summed E-state index contributed by atoms with van der Waals surface area (Å²) < 4.78 is 12.0. The van der Waals surface area contributed by atoms with Gasteiger partial charge in [-0.1, -0.05) is 63.6 Å². The lowest BCUT2D eigenvalue weighted by Gasteiger charge is -2.04. The third kappa shape index (κ3) is 3.74. The van der Waals surface area contributed by atoms with Crippen molar-refractivity contribution in [2.45, 2.75) is 0 Å². The van der Waals surface area contributed by atoms with Crippen molar-refractivity contribution in [3.8, 4) is 11.3 Å². The first-order chi connectivity index (χ1) is 15.6. The smallest absolute Gasteiger partial charge is 0.277 e. The quantitative estimate of drug-likeness (QED) is 0.293. The number of hydrogen-bond donors (Lipinski definition) is 1. The molecule has 1 N–H and O–H groups in total. The van der Waals surface area contributed by atoms with Crippen molar-refractivity contribution in [1.82, 2.24) is 5.16 Å². The number of halogens is 1. The van der Waals surface area contributed by atoms with Crippen molar-refractivity contribution in [3.63, 3.8) is 0 Å². The fraction of sp³-hybridized carbons (Fsp3) is 0. The number of amides is 1. The van der Waals surface area contributed by atoms with Crippen LogP contribution < -0.4 is 5.32 Å². The summed E-state index contributed by atoms with van der Waals surface area (Å²) in [5, 5.41) is 7.30. The van der Waals surface area contributed by atoms with E-state index in [4.69, 9.17) is 8.94 Å². The van der Waals surface area contributed by atoms with Crippen molar-refractivity contribution in [2.75, 3.05) is 5.32 Å². The SMILES string of the molecule is O=C(Nc1c(C(=O)c2ccc(Br)cc2)oc2ccccc12)c1cc(-c2ccccc2)on1. The van der Waals surface area contributed by atoms with E-state index in [1.54, 1.807) is 48.5 Å². The number of nitrogens with zero attached hydrogens (tertiary/aromatic N) is 1. The zero-order valence-electron chi connectivity index (χ0n) is 16.5. The molecule has 3 aromatic carbocycles. The number of para-hydroxylation sites is 1. The second kappa shape index (κ2) is 8.28. The molecule has 5 rings (SSSR count). The van der Waals surface area contributed by atoms with Crippen LogP contribution in [0.5, 0.6) is 0 Å². The topological polar surface area (TPSA) is 85.3 Å². The van der Waals surface area contributed by atoms with Gasteiger partial charge in [0.15, 0.2) is 17.2 Å². The van der Waals surface area contributed by atoms with Crippen LogP contribution in [0.15, 0.2) is 98.3 Å². The maximum Gasteiger partial charge on any atom is 0.277 e. The predicted molar refractivity (Wildman–Crippen MR) is 124 cm³/mol. The van der Waals surface area contributed by atoms with E-state index >= 15 is 0 Å². The summed E-state index contributed by atoms with van der Waals surface area (Å²) in [6.45, 7) is 0. The molecule has 0 bridgehead atoms. The molecule has 0 aliphatic heterocycles. The van der Waals surface area contributed by atoms with Gasteiger partial charge in [-0.05, 0) is 36.4 Å². The highest BCUT2D eigenvalue weighted by atomic mass is 79.9. The predicted octanol–water partition coefficient (Wildman–Crippen LogP) is 6.33. The van der Waals surface area contributed by atoms with Crippen LogP contribution >= 0.6 is 15.9 Å². The minimum atomic E-state index is -0.507. The molecule has 2 heterocycles. The number of aromatic nitrogens is 1. The van der Waals surface area contributed by atoms with Gasteiger partial charge in [0.05, 0.1) is 5.69 Å². The number of hydrogen-bond acceptors (Lipinski definition) is 5. The third-order valence-electron chi connectivity index (χ3n) is 4.95. The molecular weight excluding hydrogens is 472 g/mol. The summed E-state index contributed by atoms with van der Waals surface area (Å²) in [6.07, 6.45) is 0. The summed E-state index contributed by atoms with van der Waals surface area (Å²) in [6, 6.07) is 25.0. The van der Waals surface area contributed by atoms with Crippen molar-refractivity contribution in [3.05, 3.63) is 106 Å². The Morgan fingerprint density at radius 3 is 2.38 bits per heavy atom. The minimum absolute atomic E-state index is 0.0497. The second-order valence-electron chi connectivity index (χ2n) is 7.03. The zero-order chi connectivity index (χ0) is 22.1. The van der Waals surface area contributed by atoms with Crippen LogP contribution in [0.25, 0.3) is 22.3 Å². The lowest BCUT2D eigenvalue weighted by Crippen LogP contribution is -2.14. The summed E-state index contributed by atoms with van der Waals surface area (Å²) in [4.78, 5) is 26.1. The van der Waals surface area contributed by atoms with Crippen LogP contribution in [0.2, 0.25) is 0 Å². The van der Waals surface area contributed by atoms with Crippen molar-refractivity contribution < 1.29 is 18.5 Å². The van der Waals surface area contributed by atoms with Crippen LogP contribution in [0, 0.1) is 0 Å². The third-order valence-corrected chi connectivity index (χ3v) is 5.48. The van der Waals surface area contributed by atoms with Gasteiger partial charge < -0.3 is 14.3 Å². The van der Waals surface area contributed by atoms with Crippen LogP contribution in [0.4, 0.5) is 5.69 Å². The first-order valence-corrected chi connectivity index (χ1v) is 10.5. The number of ketones is 1. The number of benzene rings is 3. The van der Waals surface area contributed by atoms with E-state index in [-0.39, 0.29) is 17.2 Å². The molecule has 0 spiro atoms. The number of fused-ring (bicyclic) bond motifs is 1. The Hall–Kier alpha value is -3.97. The highest BCUT2D eigenvalue weighted by Gasteiger charge is 2.25. The van der Waals surface area contributed by atoms with Gasteiger partial charge in [-0.2, -0.15) is 0 Å². The summed E-state index contributed by atoms with van der Waals surface area (Å²) >= 11 is 3.36. The maximum absolute atomic E-state index is 13.2. The van der Waals surface area contributed by atoms with Crippen molar-refractivity contribution in [1.29, 1.82) is 0 Å². The van der Waals surface area contributed by atoms with Crippen molar-refractivity contribution >= 4 is 44.3 Å². The summed E-state index contributed by atoms with van der Waals surface area (Å²) in [5.41, 5.74) is 2.13. The van der Waals surface area contributed by atoms with Crippen LogP contribution in [-0.4, -0.2) is 16.8 Å². The molecule has 0 radical (unpaired) electrons. The number of rotatable bonds is 5. The number of carbonyl (C=O) groups excluding carboxylic acids is 2. The molecule has 0 aliphatic carbocycles. The molecule has 5 aromatic rings. The average molecular weight is 487 g/mol. The second-order valence-corrected chi connectivity index (χ2v) is 7.95. The lowest BCUT2D eigenvalue weighted by molar-refractivity contribution is 0.101. The molecule has 156 valence electrons. The average Bonchev–Trinajstić information content (AvgIpc) is 3.46. The Labute approximate surface area is 191 Å². The van der Waals surface area contributed by atoms with E-state index in [1.165, 1.54) is 0 Å². The monoisotopic (exact) mass is 486 g/mol.